The van der Waals surface area contributed by atoms with Gasteiger partial charge in [-0.15, -0.1) is 0 Å². The molecule has 3 nitrogen and oxygen atoms in total. The lowest BCUT2D eigenvalue weighted by Crippen LogP contribution is -2.10. The van der Waals surface area contributed by atoms with Gasteiger partial charge in [0.1, 0.15) is 11.6 Å². The molecule has 0 fully saturated rings. The van der Waals surface area contributed by atoms with Gasteiger partial charge in [-0.1, -0.05) is 0 Å². The summed E-state index contributed by atoms with van der Waals surface area (Å²) < 4.78 is 13.4. The number of hydrogen-bond donors (Lipinski definition) is 2. The third-order valence-corrected chi connectivity index (χ3v) is 2.10. The van der Waals surface area contributed by atoms with Crippen molar-refractivity contribution in [3.05, 3.63) is 29.1 Å². The highest BCUT2D eigenvalue weighted by atomic mass is 19.1. The van der Waals surface area contributed by atoms with Gasteiger partial charge in [-0.05, 0) is 31.5 Å². The highest BCUT2D eigenvalue weighted by Crippen LogP contribution is 2.26. The molecule has 0 bridgehead atoms. The smallest absolute Gasteiger partial charge is 0.310 e. The molecule has 0 aliphatic heterocycles. The van der Waals surface area contributed by atoms with E-state index in [1.165, 1.54) is 19.9 Å². The predicted octanol–water partition coefficient (Wildman–Crippen LogP) is 2.03. The summed E-state index contributed by atoms with van der Waals surface area (Å²) >= 11 is 0. The number of hydrogen-bond acceptors (Lipinski definition) is 2. The topological polar surface area (TPSA) is 57.5 Å². The zero-order valence-corrected chi connectivity index (χ0v) is 7.91. The van der Waals surface area contributed by atoms with Gasteiger partial charge in [0.25, 0.3) is 0 Å². The van der Waals surface area contributed by atoms with Crippen molar-refractivity contribution in [2.24, 2.45) is 0 Å². The summed E-state index contributed by atoms with van der Waals surface area (Å²) in [5, 5.41) is 17.9. The Labute approximate surface area is 80.8 Å². The van der Waals surface area contributed by atoms with Gasteiger partial charge < -0.3 is 10.2 Å². The minimum Gasteiger partial charge on any atom is -0.508 e. The maximum absolute atomic E-state index is 13.4. The van der Waals surface area contributed by atoms with Crippen LogP contribution in [0.3, 0.4) is 0 Å². The number of phenolic OH excluding ortho intramolecular Hbond substituents is 1. The van der Waals surface area contributed by atoms with Crippen molar-refractivity contribution in [2.45, 2.75) is 19.8 Å². The largest absolute Gasteiger partial charge is 0.508 e. The van der Waals surface area contributed by atoms with Crippen molar-refractivity contribution >= 4 is 5.97 Å². The van der Waals surface area contributed by atoms with Crippen LogP contribution in [0.15, 0.2) is 12.1 Å². The van der Waals surface area contributed by atoms with E-state index in [0.717, 1.165) is 6.07 Å². The second-order valence-electron chi connectivity index (χ2n) is 3.23. The van der Waals surface area contributed by atoms with Crippen LogP contribution in [0.5, 0.6) is 5.75 Å². The second kappa shape index (κ2) is 3.65. The maximum Gasteiger partial charge on any atom is 0.310 e. The SMILES string of the molecule is Cc1cc(O)cc(C(C)C(=O)O)c1F. The number of halogens is 1. The van der Waals surface area contributed by atoms with Crippen molar-refractivity contribution in [2.75, 3.05) is 0 Å². The van der Waals surface area contributed by atoms with Crippen molar-refractivity contribution in [1.82, 2.24) is 0 Å². The molecule has 14 heavy (non-hydrogen) atoms. The van der Waals surface area contributed by atoms with Crippen LogP contribution in [0.25, 0.3) is 0 Å². The van der Waals surface area contributed by atoms with E-state index in [1.54, 1.807) is 0 Å². The molecule has 0 heterocycles. The number of carboxylic acids is 1. The van der Waals surface area contributed by atoms with Gasteiger partial charge in [-0.25, -0.2) is 4.39 Å². The van der Waals surface area contributed by atoms with E-state index >= 15 is 0 Å². The minimum atomic E-state index is -1.12. The van der Waals surface area contributed by atoms with Gasteiger partial charge in [0, 0.05) is 5.56 Å². The van der Waals surface area contributed by atoms with Crippen LogP contribution in [-0.4, -0.2) is 16.2 Å². The normalized spacial score (nSPS) is 12.5. The van der Waals surface area contributed by atoms with Crippen LogP contribution < -0.4 is 0 Å². The Balaban J connectivity index is 3.26. The van der Waals surface area contributed by atoms with Gasteiger partial charge in [0.15, 0.2) is 0 Å². The summed E-state index contributed by atoms with van der Waals surface area (Å²) in [6, 6.07) is 2.40. The molecule has 0 saturated heterocycles. The molecule has 0 saturated carbocycles. The molecule has 1 atom stereocenters. The van der Waals surface area contributed by atoms with E-state index in [0.29, 0.717) is 0 Å². The Hall–Kier alpha value is -1.58. The standard InChI is InChI=1S/C10H11FO3/c1-5-3-7(12)4-8(9(5)11)6(2)10(13)14/h3-4,6,12H,1-2H3,(H,13,14). The van der Waals surface area contributed by atoms with Crippen molar-refractivity contribution in [3.8, 4) is 5.75 Å². The first-order valence-corrected chi connectivity index (χ1v) is 4.15. The number of aliphatic carboxylic acids is 1. The minimum absolute atomic E-state index is 0.00926. The second-order valence-corrected chi connectivity index (χ2v) is 3.23. The molecular weight excluding hydrogens is 187 g/mol. The summed E-state index contributed by atoms with van der Waals surface area (Å²) in [7, 11) is 0. The predicted molar refractivity (Wildman–Crippen MR) is 48.9 cm³/mol. The lowest BCUT2D eigenvalue weighted by molar-refractivity contribution is -0.138. The zero-order valence-electron chi connectivity index (χ0n) is 7.91. The molecule has 76 valence electrons. The Bertz CT molecular complexity index is 374. The monoisotopic (exact) mass is 198 g/mol. The Morgan fingerprint density at radius 2 is 2.07 bits per heavy atom. The highest BCUT2D eigenvalue weighted by Gasteiger charge is 2.19. The molecule has 0 radical (unpaired) electrons. The molecular formula is C10H11FO3. The number of aromatic hydroxyl groups is 1. The number of carbonyl (C=O) groups is 1. The molecule has 0 amide bonds. The lowest BCUT2D eigenvalue weighted by Gasteiger charge is -2.10. The summed E-state index contributed by atoms with van der Waals surface area (Å²) in [4.78, 5) is 10.6. The van der Waals surface area contributed by atoms with E-state index in [2.05, 4.69) is 0 Å². The molecule has 0 aliphatic rings. The van der Waals surface area contributed by atoms with E-state index in [1.807, 2.05) is 0 Å². The van der Waals surface area contributed by atoms with Crippen LogP contribution in [0.2, 0.25) is 0 Å². The average Bonchev–Trinajstić information content (AvgIpc) is 2.09. The van der Waals surface area contributed by atoms with Gasteiger partial charge in [-0.2, -0.15) is 0 Å². The Kier molecular flexibility index (Phi) is 2.74. The van der Waals surface area contributed by atoms with E-state index in [9.17, 15) is 14.3 Å². The van der Waals surface area contributed by atoms with Gasteiger partial charge in [0.05, 0.1) is 5.92 Å². The fourth-order valence-corrected chi connectivity index (χ4v) is 1.23. The summed E-state index contributed by atoms with van der Waals surface area (Å²) in [5.74, 6) is -2.76. The van der Waals surface area contributed by atoms with E-state index in [4.69, 9.17) is 5.11 Å². The third-order valence-electron chi connectivity index (χ3n) is 2.10. The Morgan fingerprint density at radius 3 is 2.57 bits per heavy atom. The van der Waals surface area contributed by atoms with Gasteiger partial charge in [-0.3, -0.25) is 4.79 Å². The number of benzene rings is 1. The zero-order chi connectivity index (χ0) is 10.9. The third kappa shape index (κ3) is 1.84. The molecule has 1 unspecified atom stereocenters. The fourth-order valence-electron chi connectivity index (χ4n) is 1.23. The van der Waals surface area contributed by atoms with Crippen LogP contribution in [0, 0.1) is 12.7 Å². The lowest BCUT2D eigenvalue weighted by atomic mass is 9.98. The van der Waals surface area contributed by atoms with Gasteiger partial charge >= 0.3 is 5.97 Å². The van der Waals surface area contributed by atoms with Crippen molar-refractivity contribution in [1.29, 1.82) is 0 Å². The molecule has 0 aromatic heterocycles. The first kappa shape index (κ1) is 10.5. The van der Waals surface area contributed by atoms with Crippen LogP contribution >= 0.6 is 0 Å². The quantitative estimate of drug-likeness (QED) is 0.764. The summed E-state index contributed by atoms with van der Waals surface area (Å²) in [6.45, 7) is 2.85. The van der Waals surface area contributed by atoms with Crippen LogP contribution in [-0.2, 0) is 4.79 Å². The van der Waals surface area contributed by atoms with E-state index in [-0.39, 0.29) is 16.9 Å². The number of rotatable bonds is 2. The molecule has 1 aromatic rings. The fraction of sp³-hybridized carbons (Fsp3) is 0.300. The molecule has 1 rings (SSSR count). The van der Waals surface area contributed by atoms with Crippen molar-refractivity contribution in [3.63, 3.8) is 0 Å². The number of phenols is 1. The molecule has 4 heteroatoms. The van der Waals surface area contributed by atoms with E-state index < -0.39 is 17.7 Å². The number of aryl methyl sites for hydroxylation is 1. The van der Waals surface area contributed by atoms with Gasteiger partial charge in [0.2, 0.25) is 0 Å². The Morgan fingerprint density at radius 1 is 1.50 bits per heavy atom. The molecule has 0 aliphatic carbocycles. The molecule has 0 spiro atoms. The summed E-state index contributed by atoms with van der Waals surface area (Å²) in [5.41, 5.74) is 0.253. The van der Waals surface area contributed by atoms with Crippen LogP contribution in [0.1, 0.15) is 24.0 Å². The number of carboxylic acid groups (broad SMARTS) is 1. The molecule has 1 aromatic carbocycles. The van der Waals surface area contributed by atoms with Crippen molar-refractivity contribution < 1.29 is 19.4 Å². The first-order chi connectivity index (χ1) is 6.43. The molecule has 2 N–H and O–H groups in total. The first-order valence-electron chi connectivity index (χ1n) is 4.15. The summed E-state index contributed by atoms with van der Waals surface area (Å²) in [6.07, 6.45) is 0. The highest BCUT2D eigenvalue weighted by molar-refractivity contribution is 5.75. The van der Waals surface area contributed by atoms with Crippen LogP contribution in [0.4, 0.5) is 4.39 Å². The maximum atomic E-state index is 13.4. The average molecular weight is 198 g/mol.